The highest BCUT2D eigenvalue weighted by molar-refractivity contribution is 7.17. The van der Waals surface area contributed by atoms with Crippen LogP contribution in [0.2, 0.25) is 0 Å². The number of hydrogen-bond acceptors (Lipinski definition) is 6. The average molecular weight is 484 g/mol. The zero-order valence-electron chi connectivity index (χ0n) is 19.9. The monoisotopic (exact) mass is 483 g/mol. The molecule has 1 aromatic heterocycles. The van der Waals surface area contributed by atoms with Gasteiger partial charge < -0.3 is 16.4 Å². The molecule has 3 amide bonds. The van der Waals surface area contributed by atoms with E-state index >= 15 is 0 Å². The molecular weight excluding hydrogens is 450 g/mol. The summed E-state index contributed by atoms with van der Waals surface area (Å²) in [5.41, 5.74) is 10.2. The lowest BCUT2D eigenvalue weighted by Crippen LogP contribution is -2.50. The molecule has 4 rings (SSSR count). The number of hydrogen-bond donors (Lipinski definition) is 3. The zero-order chi connectivity index (χ0) is 24.2. The number of thiophene rings is 1. The third-order valence-corrected chi connectivity index (χ3v) is 7.96. The summed E-state index contributed by atoms with van der Waals surface area (Å²) >= 11 is 1.49. The zero-order valence-corrected chi connectivity index (χ0v) is 20.7. The van der Waals surface area contributed by atoms with Gasteiger partial charge in [-0.2, -0.15) is 0 Å². The first-order chi connectivity index (χ1) is 16.3. The highest BCUT2D eigenvalue weighted by Gasteiger charge is 2.26. The molecule has 1 saturated heterocycles. The molecule has 2 aliphatic rings. The van der Waals surface area contributed by atoms with Crippen LogP contribution in [0, 0.1) is 13.8 Å². The molecule has 2 heterocycles. The fourth-order valence-corrected chi connectivity index (χ4v) is 5.98. The van der Waals surface area contributed by atoms with Gasteiger partial charge in [0.2, 0.25) is 11.8 Å². The van der Waals surface area contributed by atoms with Gasteiger partial charge >= 0.3 is 0 Å². The van der Waals surface area contributed by atoms with Crippen molar-refractivity contribution >= 4 is 39.7 Å². The predicted octanol–water partition coefficient (Wildman–Crippen LogP) is 2.54. The lowest BCUT2D eigenvalue weighted by Gasteiger charge is -2.33. The second kappa shape index (κ2) is 10.7. The highest BCUT2D eigenvalue weighted by Crippen LogP contribution is 2.37. The summed E-state index contributed by atoms with van der Waals surface area (Å²) < 4.78 is 0. The Morgan fingerprint density at radius 1 is 0.941 bits per heavy atom. The Labute approximate surface area is 204 Å². The molecule has 1 aromatic carbocycles. The van der Waals surface area contributed by atoms with Gasteiger partial charge in [0, 0.05) is 36.7 Å². The van der Waals surface area contributed by atoms with Crippen LogP contribution >= 0.6 is 11.3 Å². The molecule has 8 nitrogen and oxygen atoms in total. The number of piperazine rings is 1. The number of anilines is 2. The Kier molecular flexibility index (Phi) is 7.65. The Morgan fingerprint density at radius 3 is 2.21 bits per heavy atom. The van der Waals surface area contributed by atoms with Crippen LogP contribution in [0.15, 0.2) is 18.2 Å². The molecular formula is C25H33N5O3S. The van der Waals surface area contributed by atoms with E-state index in [4.69, 9.17) is 5.73 Å². The molecule has 9 heteroatoms. The minimum Gasteiger partial charge on any atom is -0.365 e. The topological polar surface area (TPSA) is 108 Å². The predicted molar refractivity (Wildman–Crippen MR) is 136 cm³/mol. The van der Waals surface area contributed by atoms with Crippen LogP contribution in [0.1, 0.15) is 44.8 Å². The van der Waals surface area contributed by atoms with E-state index in [1.54, 1.807) is 0 Å². The van der Waals surface area contributed by atoms with Crippen molar-refractivity contribution in [3.8, 4) is 0 Å². The average Bonchev–Trinajstić information content (AvgIpc) is 3.16. The van der Waals surface area contributed by atoms with Crippen molar-refractivity contribution in [1.82, 2.24) is 9.80 Å². The molecule has 0 unspecified atom stereocenters. The molecule has 0 radical (unpaired) electrons. The number of benzene rings is 1. The SMILES string of the molecule is Cc1cccc(NC(=O)CN2CCN(CC(=O)Nc3sc4c(c3C(N)=O)CCCC4)CC2)c1C. The molecule has 4 N–H and O–H groups in total. The second-order valence-electron chi connectivity index (χ2n) is 9.18. The van der Waals surface area contributed by atoms with Gasteiger partial charge in [0.15, 0.2) is 0 Å². The third kappa shape index (κ3) is 5.65. The molecule has 182 valence electrons. The van der Waals surface area contributed by atoms with Crippen molar-refractivity contribution in [1.29, 1.82) is 0 Å². The summed E-state index contributed by atoms with van der Waals surface area (Å²) in [7, 11) is 0. The van der Waals surface area contributed by atoms with Crippen LogP contribution < -0.4 is 16.4 Å². The van der Waals surface area contributed by atoms with E-state index in [-0.39, 0.29) is 18.4 Å². The van der Waals surface area contributed by atoms with E-state index in [2.05, 4.69) is 20.4 Å². The number of primary amides is 1. The van der Waals surface area contributed by atoms with Crippen LogP contribution in [0.3, 0.4) is 0 Å². The summed E-state index contributed by atoms with van der Waals surface area (Å²) in [6.07, 6.45) is 3.93. The van der Waals surface area contributed by atoms with E-state index in [0.717, 1.165) is 48.1 Å². The van der Waals surface area contributed by atoms with E-state index in [0.29, 0.717) is 43.3 Å². The fourth-order valence-electron chi connectivity index (χ4n) is 4.67. The Bertz CT molecular complexity index is 1090. The third-order valence-electron chi connectivity index (χ3n) is 6.75. The van der Waals surface area contributed by atoms with Gasteiger partial charge in [-0.1, -0.05) is 12.1 Å². The summed E-state index contributed by atoms with van der Waals surface area (Å²) in [4.78, 5) is 42.6. The maximum Gasteiger partial charge on any atom is 0.251 e. The molecule has 2 aromatic rings. The van der Waals surface area contributed by atoms with Gasteiger partial charge in [-0.25, -0.2) is 0 Å². The van der Waals surface area contributed by atoms with Crippen LogP contribution in [0.5, 0.6) is 0 Å². The Morgan fingerprint density at radius 2 is 1.56 bits per heavy atom. The number of nitrogens with two attached hydrogens (primary N) is 1. The first kappa shape index (κ1) is 24.4. The molecule has 1 fully saturated rings. The van der Waals surface area contributed by atoms with E-state index in [9.17, 15) is 14.4 Å². The van der Waals surface area contributed by atoms with Crippen LogP contribution in [0.4, 0.5) is 10.7 Å². The lowest BCUT2D eigenvalue weighted by molar-refractivity contribution is -0.120. The van der Waals surface area contributed by atoms with Crippen molar-refractivity contribution < 1.29 is 14.4 Å². The smallest absolute Gasteiger partial charge is 0.251 e. The molecule has 34 heavy (non-hydrogen) atoms. The van der Waals surface area contributed by atoms with Crippen molar-refractivity contribution in [3.63, 3.8) is 0 Å². The summed E-state index contributed by atoms with van der Waals surface area (Å²) in [6.45, 7) is 7.45. The standard InChI is InChI=1S/C25H33N5O3S/c1-16-6-5-8-19(17(16)2)27-21(31)14-29-10-12-30(13-11-29)15-22(32)28-25-23(24(26)33)18-7-3-4-9-20(18)34-25/h5-6,8H,3-4,7,9-15H2,1-2H3,(H2,26,33)(H,27,31)(H,28,32). The minimum absolute atomic E-state index is 0.0273. The summed E-state index contributed by atoms with van der Waals surface area (Å²) in [5, 5.41) is 6.53. The van der Waals surface area contributed by atoms with Gasteiger partial charge in [0.05, 0.1) is 18.7 Å². The first-order valence-electron chi connectivity index (χ1n) is 11.9. The van der Waals surface area contributed by atoms with Gasteiger partial charge in [-0.15, -0.1) is 11.3 Å². The van der Waals surface area contributed by atoms with E-state index < -0.39 is 5.91 Å². The van der Waals surface area contributed by atoms with Crippen molar-refractivity contribution in [2.45, 2.75) is 39.5 Å². The second-order valence-corrected chi connectivity index (χ2v) is 10.3. The highest BCUT2D eigenvalue weighted by atomic mass is 32.1. The van der Waals surface area contributed by atoms with Crippen LogP contribution in [-0.2, 0) is 22.4 Å². The van der Waals surface area contributed by atoms with Gasteiger partial charge in [-0.05, 0) is 62.3 Å². The van der Waals surface area contributed by atoms with E-state index in [1.807, 2.05) is 32.0 Å². The summed E-state index contributed by atoms with van der Waals surface area (Å²) in [5.74, 6) is -0.634. The molecule has 0 bridgehead atoms. The van der Waals surface area contributed by atoms with Gasteiger partial charge in [0.25, 0.3) is 5.91 Å². The largest absolute Gasteiger partial charge is 0.365 e. The van der Waals surface area contributed by atoms with Gasteiger partial charge in [-0.3, -0.25) is 24.2 Å². The molecule has 0 atom stereocenters. The van der Waals surface area contributed by atoms with Crippen LogP contribution in [0.25, 0.3) is 0 Å². The fraction of sp³-hybridized carbons (Fsp3) is 0.480. The number of carbonyl (C=O) groups excluding carboxylic acids is 3. The number of fused-ring (bicyclic) bond motifs is 1. The number of carbonyl (C=O) groups is 3. The maximum atomic E-state index is 12.7. The lowest BCUT2D eigenvalue weighted by atomic mass is 9.95. The number of nitrogens with one attached hydrogen (secondary N) is 2. The molecule has 1 aliphatic heterocycles. The minimum atomic E-state index is -0.470. The first-order valence-corrected chi connectivity index (χ1v) is 12.7. The Hall–Kier alpha value is -2.75. The number of rotatable bonds is 7. The van der Waals surface area contributed by atoms with Crippen molar-refractivity contribution in [2.24, 2.45) is 5.73 Å². The van der Waals surface area contributed by atoms with E-state index in [1.165, 1.54) is 16.2 Å². The van der Waals surface area contributed by atoms with Crippen molar-refractivity contribution in [2.75, 3.05) is 49.9 Å². The summed E-state index contributed by atoms with van der Waals surface area (Å²) in [6, 6.07) is 5.89. The molecule has 1 aliphatic carbocycles. The van der Waals surface area contributed by atoms with Gasteiger partial charge in [0.1, 0.15) is 5.00 Å². The van der Waals surface area contributed by atoms with Crippen molar-refractivity contribution in [3.05, 3.63) is 45.3 Å². The normalized spacial score (nSPS) is 16.6. The number of nitrogens with zero attached hydrogens (tertiary/aromatic N) is 2. The maximum absolute atomic E-state index is 12.7. The quantitative estimate of drug-likeness (QED) is 0.561. The number of amides is 3. The Balaban J connectivity index is 1.25. The molecule has 0 spiro atoms. The molecule has 0 saturated carbocycles. The van der Waals surface area contributed by atoms with Crippen LogP contribution in [-0.4, -0.2) is 66.8 Å². The number of aryl methyl sites for hydroxylation is 2.